The molecule has 31 heavy (non-hydrogen) atoms. The maximum Gasteiger partial charge on any atom is 0.332 e. The standard InChI is InChI=1S/C23H25N5O3/c1-31-19-6-4-17(5-7-19)14-28-22(30)21(29)27-16-23(11-20(27)25-28)8-10-26(15-23)13-18-3-2-9-24-12-18/h2-7,9,12H,8,10-11,13-16H2,1H3. The van der Waals surface area contributed by atoms with Crippen LogP contribution < -0.4 is 15.9 Å². The average molecular weight is 419 g/mol. The molecular weight excluding hydrogens is 394 g/mol. The second-order valence-electron chi connectivity index (χ2n) is 8.62. The molecule has 0 aliphatic carbocycles. The number of nitrogens with zero attached hydrogens (tertiary/aromatic N) is 5. The van der Waals surface area contributed by atoms with Crippen LogP contribution in [0.25, 0.3) is 0 Å². The minimum atomic E-state index is -0.568. The third kappa shape index (κ3) is 3.79. The lowest BCUT2D eigenvalue weighted by atomic mass is 9.86. The smallest absolute Gasteiger partial charge is 0.332 e. The molecule has 8 nitrogen and oxygen atoms in total. The van der Waals surface area contributed by atoms with Gasteiger partial charge in [-0.2, -0.15) is 5.10 Å². The van der Waals surface area contributed by atoms with Gasteiger partial charge in [-0.15, -0.1) is 0 Å². The zero-order valence-electron chi connectivity index (χ0n) is 17.5. The minimum absolute atomic E-state index is 0.0346. The van der Waals surface area contributed by atoms with Crippen molar-refractivity contribution in [2.45, 2.75) is 32.5 Å². The van der Waals surface area contributed by atoms with Gasteiger partial charge < -0.3 is 4.74 Å². The zero-order chi connectivity index (χ0) is 21.4. The number of hydrogen-bond acceptors (Lipinski definition) is 6. The van der Waals surface area contributed by atoms with E-state index in [9.17, 15) is 9.59 Å². The van der Waals surface area contributed by atoms with Crippen molar-refractivity contribution in [3.8, 4) is 5.75 Å². The molecule has 2 aliphatic rings. The molecule has 8 heteroatoms. The van der Waals surface area contributed by atoms with E-state index in [1.165, 1.54) is 10.2 Å². The first kappa shape index (κ1) is 19.7. The van der Waals surface area contributed by atoms with Crippen molar-refractivity contribution in [2.24, 2.45) is 5.41 Å². The lowest BCUT2D eigenvalue weighted by Gasteiger charge is -2.22. The van der Waals surface area contributed by atoms with Crippen molar-refractivity contribution < 1.29 is 4.74 Å². The van der Waals surface area contributed by atoms with Gasteiger partial charge in [0, 0.05) is 43.9 Å². The molecule has 3 aromatic rings. The molecule has 2 aliphatic heterocycles. The van der Waals surface area contributed by atoms with Gasteiger partial charge in [0.05, 0.1) is 13.7 Å². The summed E-state index contributed by atoms with van der Waals surface area (Å²) in [5, 5.41) is 4.59. The Morgan fingerprint density at radius 1 is 1.03 bits per heavy atom. The van der Waals surface area contributed by atoms with E-state index in [4.69, 9.17) is 4.74 Å². The Kier molecular flexibility index (Phi) is 4.94. The first-order chi connectivity index (χ1) is 15.0. The molecule has 1 fully saturated rings. The number of aromatic nitrogens is 4. The number of methoxy groups -OCH3 is 1. The van der Waals surface area contributed by atoms with Crippen molar-refractivity contribution in [2.75, 3.05) is 20.2 Å². The number of ether oxygens (including phenoxy) is 1. The summed E-state index contributed by atoms with van der Waals surface area (Å²) in [6.45, 7) is 3.53. The van der Waals surface area contributed by atoms with Gasteiger partial charge >= 0.3 is 11.1 Å². The van der Waals surface area contributed by atoms with Crippen LogP contribution in [0.15, 0.2) is 58.4 Å². The SMILES string of the molecule is COc1ccc(Cn2nc3n(c(=O)c2=O)CC2(CCN(Cc4cccnc4)C2)C3)cc1. The van der Waals surface area contributed by atoms with Crippen molar-refractivity contribution in [1.82, 2.24) is 24.2 Å². The molecule has 1 atom stereocenters. The van der Waals surface area contributed by atoms with Gasteiger partial charge in [0.2, 0.25) is 0 Å². The lowest BCUT2D eigenvalue weighted by Crippen LogP contribution is -2.43. The van der Waals surface area contributed by atoms with E-state index in [-0.39, 0.29) is 12.0 Å². The van der Waals surface area contributed by atoms with Crippen LogP contribution in [0.5, 0.6) is 5.75 Å². The van der Waals surface area contributed by atoms with Crippen LogP contribution >= 0.6 is 0 Å². The molecule has 2 aromatic heterocycles. The summed E-state index contributed by atoms with van der Waals surface area (Å²) >= 11 is 0. The van der Waals surface area contributed by atoms with Crippen LogP contribution in [0.3, 0.4) is 0 Å². The van der Waals surface area contributed by atoms with Crippen molar-refractivity contribution >= 4 is 0 Å². The Hall–Kier alpha value is -3.26. The molecule has 1 aromatic carbocycles. The summed E-state index contributed by atoms with van der Waals surface area (Å²) in [5.41, 5.74) is 1.01. The van der Waals surface area contributed by atoms with E-state index >= 15 is 0 Å². The fraction of sp³-hybridized carbons (Fsp3) is 0.391. The fourth-order valence-corrected chi connectivity index (χ4v) is 4.80. The highest BCUT2D eigenvalue weighted by Crippen LogP contribution is 2.39. The highest BCUT2D eigenvalue weighted by atomic mass is 16.5. The molecule has 0 radical (unpaired) electrons. The zero-order valence-corrected chi connectivity index (χ0v) is 17.5. The molecule has 4 heterocycles. The summed E-state index contributed by atoms with van der Waals surface area (Å²) in [6, 6.07) is 11.5. The Balaban J connectivity index is 1.35. The van der Waals surface area contributed by atoms with Crippen LogP contribution in [0.4, 0.5) is 0 Å². The maximum absolute atomic E-state index is 12.8. The van der Waals surface area contributed by atoms with E-state index in [1.54, 1.807) is 17.9 Å². The second kappa shape index (κ2) is 7.77. The van der Waals surface area contributed by atoms with E-state index in [0.717, 1.165) is 37.4 Å². The van der Waals surface area contributed by atoms with Gasteiger partial charge in [0.15, 0.2) is 0 Å². The first-order valence-electron chi connectivity index (χ1n) is 10.5. The van der Waals surface area contributed by atoms with Gasteiger partial charge in [-0.05, 0) is 42.3 Å². The predicted octanol–water partition coefficient (Wildman–Crippen LogP) is 1.31. The molecule has 0 N–H and O–H groups in total. The first-order valence-corrected chi connectivity index (χ1v) is 10.5. The summed E-state index contributed by atoms with van der Waals surface area (Å²) in [5.74, 6) is 1.46. The number of rotatable bonds is 5. The van der Waals surface area contributed by atoms with E-state index in [0.29, 0.717) is 18.8 Å². The molecule has 1 saturated heterocycles. The van der Waals surface area contributed by atoms with Gasteiger partial charge in [-0.3, -0.25) is 24.0 Å². The number of hydrogen-bond donors (Lipinski definition) is 0. The van der Waals surface area contributed by atoms with Crippen molar-refractivity contribution in [3.05, 3.63) is 86.5 Å². The second-order valence-corrected chi connectivity index (χ2v) is 8.62. The molecule has 0 saturated carbocycles. The maximum atomic E-state index is 12.8. The average Bonchev–Trinajstić information content (AvgIpc) is 3.35. The number of likely N-dealkylation sites (tertiary alicyclic amines) is 1. The predicted molar refractivity (Wildman–Crippen MR) is 115 cm³/mol. The highest BCUT2D eigenvalue weighted by molar-refractivity contribution is 5.27. The van der Waals surface area contributed by atoms with Crippen molar-refractivity contribution in [1.29, 1.82) is 0 Å². The molecule has 5 rings (SSSR count). The molecule has 1 spiro atoms. The Morgan fingerprint density at radius 3 is 2.61 bits per heavy atom. The fourth-order valence-electron chi connectivity index (χ4n) is 4.80. The van der Waals surface area contributed by atoms with Crippen molar-refractivity contribution in [3.63, 3.8) is 0 Å². The molecule has 0 bridgehead atoms. The number of fused-ring (bicyclic) bond motifs is 1. The lowest BCUT2D eigenvalue weighted by molar-refractivity contribution is 0.246. The van der Waals surface area contributed by atoms with Crippen LogP contribution in [0.1, 0.15) is 23.4 Å². The monoisotopic (exact) mass is 419 g/mol. The summed E-state index contributed by atoms with van der Waals surface area (Å²) in [4.78, 5) is 32.1. The van der Waals surface area contributed by atoms with Crippen LogP contribution in [0.2, 0.25) is 0 Å². The Bertz CT molecular complexity index is 1200. The minimum Gasteiger partial charge on any atom is -0.497 e. The van der Waals surface area contributed by atoms with Gasteiger partial charge in [0.1, 0.15) is 11.6 Å². The molecule has 0 amide bonds. The topological polar surface area (TPSA) is 82.2 Å². The van der Waals surface area contributed by atoms with Crippen LogP contribution in [-0.4, -0.2) is 44.4 Å². The normalized spacial score (nSPS) is 20.3. The van der Waals surface area contributed by atoms with Crippen LogP contribution in [-0.2, 0) is 26.1 Å². The Morgan fingerprint density at radius 2 is 1.87 bits per heavy atom. The number of pyridine rings is 1. The van der Waals surface area contributed by atoms with E-state index in [1.807, 2.05) is 36.5 Å². The Labute approximate surface area is 179 Å². The third-order valence-corrected chi connectivity index (χ3v) is 6.37. The van der Waals surface area contributed by atoms with Gasteiger partial charge in [-0.25, -0.2) is 4.68 Å². The molecule has 1 unspecified atom stereocenters. The van der Waals surface area contributed by atoms with Crippen LogP contribution in [0, 0.1) is 5.41 Å². The molecule has 160 valence electrons. The highest BCUT2D eigenvalue weighted by Gasteiger charge is 2.44. The summed E-state index contributed by atoms with van der Waals surface area (Å²) < 4.78 is 8.08. The van der Waals surface area contributed by atoms with Gasteiger partial charge in [-0.1, -0.05) is 18.2 Å². The largest absolute Gasteiger partial charge is 0.497 e. The summed E-state index contributed by atoms with van der Waals surface area (Å²) in [7, 11) is 1.61. The molecular formula is C23H25N5O3. The summed E-state index contributed by atoms with van der Waals surface area (Å²) in [6.07, 6.45) is 5.38. The van der Waals surface area contributed by atoms with E-state index in [2.05, 4.69) is 21.0 Å². The van der Waals surface area contributed by atoms with E-state index < -0.39 is 11.1 Å². The van der Waals surface area contributed by atoms with Gasteiger partial charge in [0.25, 0.3) is 0 Å². The number of benzene rings is 1. The third-order valence-electron chi connectivity index (χ3n) is 6.37. The quantitative estimate of drug-likeness (QED) is 0.580.